The van der Waals surface area contributed by atoms with Crippen molar-refractivity contribution in [3.8, 4) is 0 Å². The maximum atomic E-state index is 11.0. The lowest BCUT2D eigenvalue weighted by Crippen LogP contribution is -1.92. The van der Waals surface area contributed by atoms with Gasteiger partial charge in [-0.25, -0.2) is 4.21 Å². The molecule has 62 valence electrons. The first-order valence-corrected chi connectivity index (χ1v) is 5.57. The molecule has 0 aliphatic carbocycles. The predicted octanol–water partition coefficient (Wildman–Crippen LogP) is 2.68. The molecule has 0 N–H and O–H groups in total. The summed E-state index contributed by atoms with van der Waals surface area (Å²) in [5, 5.41) is 0.218. The topological polar surface area (TPSA) is 17.1 Å². The van der Waals surface area contributed by atoms with E-state index in [9.17, 15) is 4.21 Å². The maximum Gasteiger partial charge on any atom is 0.0768 e. The van der Waals surface area contributed by atoms with E-state index < -0.39 is 8.74 Å². The minimum absolute atomic E-state index is 0.126. The lowest BCUT2D eigenvalue weighted by molar-refractivity contribution is 0.693. The third kappa shape index (κ3) is 3.65. The third-order valence-electron chi connectivity index (χ3n) is 0.899. The zero-order valence-electron chi connectivity index (χ0n) is 5.85. The van der Waals surface area contributed by atoms with Gasteiger partial charge in [-0.3, -0.25) is 0 Å². The zero-order chi connectivity index (χ0) is 9.07. The van der Waals surface area contributed by atoms with Crippen LogP contribution < -0.4 is 0 Å². The highest BCUT2D eigenvalue weighted by atomic mass is 35.7. The van der Waals surface area contributed by atoms with Crippen LogP contribution in [0.1, 0.15) is 0 Å². The van der Waals surface area contributed by atoms with Crippen LogP contribution in [0, 0.1) is 0 Å². The molecule has 0 aliphatic heterocycles. The summed E-state index contributed by atoms with van der Waals surface area (Å²) in [6.45, 7) is 6.83. The molecule has 0 amide bonds. The lowest BCUT2D eigenvalue weighted by Gasteiger charge is -2.01. The van der Waals surface area contributed by atoms with Crippen LogP contribution in [0.15, 0.2) is 35.2 Å². The fraction of sp³-hybridized carbons (Fsp3) is 0. The summed E-state index contributed by atoms with van der Waals surface area (Å²) < 4.78 is 11.0. The largest absolute Gasteiger partial charge is 0.247 e. The Morgan fingerprint density at radius 3 is 2.27 bits per heavy atom. The normalized spacial score (nSPS) is 17.1. The summed E-state index contributed by atoms with van der Waals surface area (Å²) in [6.07, 6.45) is 2.91. The minimum Gasteiger partial charge on any atom is -0.247 e. The van der Waals surface area contributed by atoms with Gasteiger partial charge in [0.2, 0.25) is 0 Å². The molecule has 0 heterocycles. The number of hydrogen-bond acceptors (Lipinski definition) is 1. The molecule has 0 fully saturated rings. The van der Waals surface area contributed by atoms with E-state index in [1.165, 1.54) is 12.2 Å². The molecule has 0 radical (unpaired) electrons. The molecule has 1 atom stereocenters. The number of halogens is 2. The third-order valence-corrected chi connectivity index (χ3v) is 2.88. The minimum atomic E-state index is -2.79. The predicted molar refractivity (Wildman–Crippen MR) is 54.4 cm³/mol. The molecule has 4 heteroatoms. The second-order valence-electron chi connectivity index (χ2n) is 1.77. The van der Waals surface area contributed by atoms with Gasteiger partial charge in [0.25, 0.3) is 0 Å². The first-order valence-electron chi connectivity index (χ1n) is 2.64. The molecular formula is C7H8Cl2OS. The second-order valence-corrected chi connectivity index (χ2v) is 5.35. The Hall–Kier alpha value is -0.180. The quantitative estimate of drug-likeness (QED) is 0.398. The van der Waals surface area contributed by atoms with E-state index in [1.807, 2.05) is 0 Å². The van der Waals surface area contributed by atoms with Crippen molar-refractivity contribution >= 4 is 36.9 Å². The standard InChI is InChI=1S/C7H8Cl2OS/c1-4-5-7(8)6(2)11(3,9)10/h4-5H,1-3H2. The van der Waals surface area contributed by atoms with Gasteiger partial charge in [0.1, 0.15) is 0 Å². The first-order chi connectivity index (χ1) is 4.89. The Labute approximate surface area is 76.5 Å². The van der Waals surface area contributed by atoms with Crippen molar-refractivity contribution in [2.75, 3.05) is 0 Å². The van der Waals surface area contributed by atoms with Crippen LogP contribution in [0.2, 0.25) is 0 Å². The van der Waals surface area contributed by atoms with E-state index in [0.717, 1.165) is 0 Å². The van der Waals surface area contributed by atoms with Gasteiger partial charge in [-0.05, 0) is 22.6 Å². The molecule has 0 rings (SSSR count). The lowest BCUT2D eigenvalue weighted by atomic mass is 10.5. The van der Waals surface area contributed by atoms with Crippen LogP contribution in [-0.4, -0.2) is 10.1 Å². The fourth-order valence-corrected chi connectivity index (χ4v) is 1.53. The SMILES string of the molecule is C=CC=C(Cl)C(=C)S(=C)(=O)Cl. The summed E-state index contributed by atoms with van der Waals surface area (Å²) in [5.74, 6) is 3.21. The summed E-state index contributed by atoms with van der Waals surface area (Å²) in [5.41, 5.74) is 0. The van der Waals surface area contributed by atoms with Gasteiger partial charge >= 0.3 is 0 Å². The van der Waals surface area contributed by atoms with E-state index in [0.29, 0.717) is 0 Å². The Balaban J connectivity index is 4.80. The van der Waals surface area contributed by atoms with Crippen molar-refractivity contribution < 1.29 is 4.21 Å². The molecule has 0 spiro atoms. The van der Waals surface area contributed by atoms with Crippen LogP contribution in [0.5, 0.6) is 0 Å². The summed E-state index contributed by atoms with van der Waals surface area (Å²) >= 11 is 5.60. The highest BCUT2D eigenvalue weighted by molar-refractivity contribution is 8.24. The van der Waals surface area contributed by atoms with Gasteiger partial charge in [-0.2, -0.15) is 0 Å². The second kappa shape index (κ2) is 4.00. The van der Waals surface area contributed by atoms with Gasteiger partial charge in [0, 0.05) is 0 Å². The van der Waals surface area contributed by atoms with E-state index in [-0.39, 0.29) is 9.94 Å². The van der Waals surface area contributed by atoms with Crippen LogP contribution >= 0.6 is 22.3 Å². The average molecular weight is 211 g/mol. The molecule has 1 unspecified atom stereocenters. The summed E-state index contributed by atoms with van der Waals surface area (Å²) in [7, 11) is 2.58. The molecule has 0 aromatic carbocycles. The van der Waals surface area contributed by atoms with Crippen molar-refractivity contribution in [3.05, 3.63) is 35.2 Å². The number of rotatable bonds is 3. The summed E-state index contributed by atoms with van der Waals surface area (Å²) in [6, 6.07) is 0. The monoisotopic (exact) mass is 210 g/mol. The molecule has 1 nitrogen and oxygen atoms in total. The average Bonchev–Trinajstić information content (AvgIpc) is 1.85. The van der Waals surface area contributed by atoms with Gasteiger partial charge in [-0.15, -0.1) is 0 Å². The van der Waals surface area contributed by atoms with Gasteiger partial charge in [0.15, 0.2) is 0 Å². The van der Waals surface area contributed by atoms with Crippen molar-refractivity contribution in [2.24, 2.45) is 0 Å². The maximum absolute atomic E-state index is 11.0. The van der Waals surface area contributed by atoms with Crippen LogP contribution in [0.3, 0.4) is 0 Å². The van der Waals surface area contributed by atoms with Gasteiger partial charge < -0.3 is 0 Å². The molecule has 0 aliphatic rings. The zero-order valence-corrected chi connectivity index (χ0v) is 8.18. The molecular weight excluding hydrogens is 203 g/mol. The van der Waals surface area contributed by atoms with Crippen molar-refractivity contribution in [1.82, 2.24) is 0 Å². The number of hydrogen-bond donors (Lipinski definition) is 0. The van der Waals surface area contributed by atoms with Crippen molar-refractivity contribution in [2.45, 2.75) is 0 Å². The van der Waals surface area contributed by atoms with Crippen LogP contribution in [0.25, 0.3) is 0 Å². The Morgan fingerprint density at radius 1 is 1.55 bits per heavy atom. The van der Waals surface area contributed by atoms with Gasteiger partial charge in [0.05, 0.1) is 18.7 Å². The van der Waals surface area contributed by atoms with Crippen molar-refractivity contribution in [3.63, 3.8) is 0 Å². The highest BCUT2D eigenvalue weighted by Gasteiger charge is 2.07. The Bertz CT molecular complexity index is 298. The Kier molecular flexibility index (Phi) is 3.93. The Morgan fingerprint density at radius 2 is 2.00 bits per heavy atom. The molecule has 11 heavy (non-hydrogen) atoms. The smallest absolute Gasteiger partial charge is 0.0768 e. The van der Waals surface area contributed by atoms with E-state index in [4.69, 9.17) is 22.3 Å². The van der Waals surface area contributed by atoms with Crippen molar-refractivity contribution in [1.29, 1.82) is 0 Å². The fourth-order valence-electron chi connectivity index (χ4n) is 0.342. The van der Waals surface area contributed by atoms with Crippen LogP contribution in [-0.2, 0) is 8.74 Å². The molecule has 0 saturated carbocycles. The highest BCUT2D eigenvalue weighted by Crippen LogP contribution is 2.21. The van der Waals surface area contributed by atoms with E-state index >= 15 is 0 Å². The van der Waals surface area contributed by atoms with Crippen LogP contribution in [0.4, 0.5) is 0 Å². The molecule has 0 bridgehead atoms. The van der Waals surface area contributed by atoms with Gasteiger partial charge in [-0.1, -0.05) is 30.8 Å². The first kappa shape index (κ1) is 10.8. The molecule has 0 aromatic rings. The van der Waals surface area contributed by atoms with E-state index in [2.05, 4.69) is 19.0 Å². The summed E-state index contributed by atoms with van der Waals surface area (Å²) in [4.78, 5) is 0.126. The van der Waals surface area contributed by atoms with E-state index in [1.54, 1.807) is 0 Å². The number of allylic oxidation sites excluding steroid dienone is 3. The molecule has 0 saturated heterocycles. The molecule has 0 aromatic heterocycles.